The van der Waals surface area contributed by atoms with E-state index in [1.165, 1.54) is 0 Å². The quantitative estimate of drug-likeness (QED) is 0.420. The minimum atomic E-state index is 0.0263. The molecule has 0 bridgehead atoms. The Balaban J connectivity index is 1.26. The fourth-order valence-electron chi connectivity index (χ4n) is 4.79. The Morgan fingerprint density at radius 3 is 2.47 bits per heavy atom. The molecule has 3 heterocycles. The number of piperazine rings is 1. The van der Waals surface area contributed by atoms with Crippen molar-refractivity contribution in [2.45, 2.75) is 12.8 Å². The Morgan fingerprint density at radius 1 is 0.912 bits per heavy atom. The minimum absolute atomic E-state index is 0.0263. The lowest BCUT2D eigenvalue weighted by atomic mass is 10.1. The van der Waals surface area contributed by atoms with Gasteiger partial charge in [-0.05, 0) is 61.9 Å². The van der Waals surface area contributed by atoms with Crippen LogP contribution in [0.5, 0.6) is 5.75 Å². The van der Waals surface area contributed by atoms with Crippen molar-refractivity contribution >= 4 is 16.7 Å². The number of rotatable bonds is 7. The van der Waals surface area contributed by atoms with E-state index in [4.69, 9.17) is 4.74 Å². The van der Waals surface area contributed by atoms with Crippen molar-refractivity contribution in [3.05, 3.63) is 94.9 Å². The summed E-state index contributed by atoms with van der Waals surface area (Å²) >= 11 is 0. The second kappa shape index (κ2) is 10.1. The van der Waals surface area contributed by atoms with Crippen LogP contribution in [-0.2, 0) is 6.42 Å². The minimum Gasteiger partial charge on any atom is -0.495 e. The number of para-hydroxylation sites is 3. The molecule has 2 aromatic carbocycles. The summed E-state index contributed by atoms with van der Waals surface area (Å²) in [6.07, 6.45) is 3.44. The molecule has 0 unspecified atom stereocenters. The fourth-order valence-corrected chi connectivity index (χ4v) is 4.79. The predicted octanol–water partition coefficient (Wildman–Crippen LogP) is 4.15. The molecular formula is C28H30N4O2. The Hall–Kier alpha value is -3.64. The smallest absolute Gasteiger partial charge is 0.259 e. The maximum atomic E-state index is 13.4. The average Bonchev–Trinajstić information content (AvgIpc) is 2.90. The zero-order chi connectivity index (χ0) is 23.3. The molecule has 0 saturated carbocycles. The first-order valence-electron chi connectivity index (χ1n) is 11.9. The summed E-state index contributed by atoms with van der Waals surface area (Å²) in [5.74, 6) is 0.927. The zero-order valence-corrected chi connectivity index (χ0v) is 19.6. The third-order valence-electron chi connectivity index (χ3n) is 6.57. The molecule has 0 aliphatic carbocycles. The van der Waals surface area contributed by atoms with Gasteiger partial charge in [-0.3, -0.25) is 14.3 Å². The predicted molar refractivity (Wildman–Crippen MR) is 137 cm³/mol. The number of hydrogen-bond acceptors (Lipinski definition) is 5. The van der Waals surface area contributed by atoms with Gasteiger partial charge >= 0.3 is 0 Å². The van der Waals surface area contributed by atoms with Crippen molar-refractivity contribution in [1.29, 1.82) is 0 Å². The molecule has 0 spiro atoms. The largest absolute Gasteiger partial charge is 0.495 e. The molecule has 1 aliphatic rings. The van der Waals surface area contributed by atoms with E-state index < -0.39 is 0 Å². The van der Waals surface area contributed by atoms with Gasteiger partial charge in [-0.15, -0.1) is 0 Å². The molecule has 6 heteroatoms. The highest BCUT2D eigenvalue weighted by Gasteiger charge is 2.19. The zero-order valence-electron chi connectivity index (χ0n) is 19.6. The topological polar surface area (TPSA) is 50.6 Å². The Bertz CT molecular complexity index is 1310. The van der Waals surface area contributed by atoms with Crippen LogP contribution >= 0.6 is 0 Å². The van der Waals surface area contributed by atoms with Gasteiger partial charge in [-0.25, -0.2) is 4.98 Å². The molecular weight excluding hydrogens is 424 g/mol. The molecule has 2 aromatic heterocycles. The van der Waals surface area contributed by atoms with E-state index in [0.29, 0.717) is 5.65 Å². The number of aryl methyl sites for hydroxylation is 1. The lowest BCUT2D eigenvalue weighted by molar-refractivity contribution is 0.254. The summed E-state index contributed by atoms with van der Waals surface area (Å²) < 4.78 is 7.28. The van der Waals surface area contributed by atoms with Crippen LogP contribution in [0.25, 0.3) is 16.7 Å². The van der Waals surface area contributed by atoms with Crippen molar-refractivity contribution in [1.82, 2.24) is 14.5 Å². The first-order chi connectivity index (χ1) is 16.7. The molecule has 34 heavy (non-hydrogen) atoms. The molecule has 1 saturated heterocycles. The highest BCUT2D eigenvalue weighted by molar-refractivity contribution is 5.77. The van der Waals surface area contributed by atoms with Crippen LogP contribution in [0.2, 0.25) is 0 Å². The number of fused-ring (bicyclic) bond motifs is 1. The molecule has 0 N–H and O–H groups in total. The standard InChI is InChI=1S/C28H30N4O2/c1-34-26-14-6-5-13-25(26)31-19-17-30(18-20-31)16-8-10-23-21-22-9-7-15-29-27(22)32(28(23)33)24-11-3-2-4-12-24/h2-7,9,11-15,21H,8,10,16-20H2,1H3. The summed E-state index contributed by atoms with van der Waals surface area (Å²) in [6.45, 7) is 4.95. The van der Waals surface area contributed by atoms with Gasteiger partial charge in [0.1, 0.15) is 11.4 Å². The van der Waals surface area contributed by atoms with Gasteiger partial charge in [0, 0.05) is 43.3 Å². The van der Waals surface area contributed by atoms with Crippen LogP contribution in [0, 0.1) is 0 Å². The highest BCUT2D eigenvalue weighted by Crippen LogP contribution is 2.28. The highest BCUT2D eigenvalue weighted by atomic mass is 16.5. The second-order valence-electron chi connectivity index (χ2n) is 8.67. The fraction of sp³-hybridized carbons (Fsp3) is 0.286. The first-order valence-corrected chi connectivity index (χ1v) is 11.9. The SMILES string of the molecule is COc1ccccc1N1CCN(CCCc2cc3cccnc3n(-c3ccccc3)c2=O)CC1. The first kappa shape index (κ1) is 22.2. The molecule has 1 aliphatic heterocycles. The summed E-state index contributed by atoms with van der Waals surface area (Å²) in [4.78, 5) is 22.8. The molecule has 0 atom stereocenters. The van der Waals surface area contributed by atoms with E-state index in [1.807, 2.05) is 60.7 Å². The van der Waals surface area contributed by atoms with Crippen LogP contribution in [0.15, 0.2) is 83.8 Å². The number of hydrogen-bond donors (Lipinski definition) is 0. The molecule has 1 fully saturated rings. The normalized spacial score (nSPS) is 14.4. The number of ether oxygens (including phenoxy) is 1. The average molecular weight is 455 g/mol. The van der Waals surface area contributed by atoms with Gasteiger partial charge in [0.15, 0.2) is 0 Å². The van der Waals surface area contributed by atoms with E-state index in [-0.39, 0.29) is 5.56 Å². The van der Waals surface area contributed by atoms with Crippen molar-refractivity contribution in [3.8, 4) is 11.4 Å². The Morgan fingerprint density at radius 2 is 1.68 bits per heavy atom. The van der Waals surface area contributed by atoms with Gasteiger partial charge in [0.05, 0.1) is 18.5 Å². The van der Waals surface area contributed by atoms with Crippen LogP contribution in [-0.4, -0.2) is 54.3 Å². The van der Waals surface area contributed by atoms with Crippen LogP contribution in [0.4, 0.5) is 5.69 Å². The Kier molecular flexibility index (Phi) is 6.58. The molecule has 6 nitrogen and oxygen atoms in total. The number of aromatic nitrogens is 2. The molecule has 0 amide bonds. The Labute approximate surface area is 200 Å². The number of nitrogens with zero attached hydrogens (tertiary/aromatic N) is 4. The number of anilines is 1. The van der Waals surface area contributed by atoms with E-state index in [0.717, 1.165) is 73.6 Å². The van der Waals surface area contributed by atoms with Crippen molar-refractivity contribution in [2.75, 3.05) is 44.7 Å². The van der Waals surface area contributed by atoms with E-state index in [1.54, 1.807) is 17.9 Å². The number of pyridine rings is 2. The van der Waals surface area contributed by atoms with E-state index >= 15 is 0 Å². The monoisotopic (exact) mass is 454 g/mol. The van der Waals surface area contributed by atoms with Gasteiger partial charge < -0.3 is 9.64 Å². The molecule has 5 rings (SSSR count). The summed E-state index contributed by atoms with van der Waals surface area (Å²) in [6, 6.07) is 24.0. The molecule has 4 aromatic rings. The summed E-state index contributed by atoms with van der Waals surface area (Å²) in [5, 5.41) is 0.992. The van der Waals surface area contributed by atoms with Crippen molar-refractivity contribution in [3.63, 3.8) is 0 Å². The lowest BCUT2D eigenvalue weighted by Gasteiger charge is -2.36. The van der Waals surface area contributed by atoms with Gasteiger partial charge in [0.25, 0.3) is 5.56 Å². The maximum Gasteiger partial charge on any atom is 0.259 e. The maximum absolute atomic E-state index is 13.4. The number of benzene rings is 2. The van der Waals surface area contributed by atoms with Crippen LogP contribution < -0.4 is 15.2 Å². The lowest BCUT2D eigenvalue weighted by Crippen LogP contribution is -2.46. The van der Waals surface area contributed by atoms with Gasteiger partial charge in [0.2, 0.25) is 0 Å². The van der Waals surface area contributed by atoms with Crippen molar-refractivity contribution in [2.24, 2.45) is 0 Å². The van der Waals surface area contributed by atoms with Crippen molar-refractivity contribution < 1.29 is 4.74 Å². The summed E-state index contributed by atoms with van der Waals surface area (Å²) in [7, 11) is 1.73. The molecule has 174 valence electrons. The number of methoxy groups -OCH3 is 1. The van der Waals surface area contributed by atoms with Crippen LogP contribution in [0.3, 0.4) is 0 Å². The third kappa shape index (κ3) is 4.54. The molecule has 0 radical (unpaired) electrons. The van der Waals surface area contributed by atoms with Gasteiger partial charge in [-0.2, -0.15) is 0 Å². The van der Waals surface area contributed by atoms with E-state index in [2.05, 4.69) is 26.9 Å². The summed E-state index contributed by atoms with van der Waals surface area (Å²) in [5.41, 5.74) is 3.59. The van der Waals surface area contributed by atoms with E-state index in [9.17, 15) is 4.79 Å². The van der Waals surface area contributed by atoms with Crippen LogP contribution in [0.1, 0.15) is 12.0 Å². The van der Waals surface area contributed by atoms with Gasteiger partial charge in [-0.1, -0.05) is 30.3 Å². The second-order valence-corrected chi connectivity index (χ2v) is 8.67. The third-order valence-corrected chi connectivity index (χ3v) is 6.57.